The van der Waals surface area contributed by atoms with Gasteiger partial charge in [-0.3, -0.25) is 4.57 Å². The van der Waals surface area contributed by atoms with E-state index in [-0.39, 0.29) is 11.9 Å². The quantitative estimate of drug-likeness (QED) is 0.563. The number of hydrogen-bond donors (Lipinski definition) is 1. The fraction of sp³-hybridized carbons (Fsp3) is 0.263. The second-order valence-corrected chi connectivity index (χ2v) is 7.87. The summed E-state index contributed by atoms with van der Waals surface area (Å²) in [5, 5.41) is 4.75. The molecule has 2 atom stereocenters. The van der Waals surface area contributed by atoms with Crippen molar-refractivity contribution in [1.82, 2.24) is 9.88 Å². The molecule has 0 saturated carbocycles. The topological polar surface area (TPSA) is 17.0 Å². The van der Waals surface area contributed by atoms with Crippen LogP contribution in [0.1, 0.15) is 36.7 Å². The smallest absolute Gasteiger partial charge is 0.124 e. The molecule has 2 unspecified atom stereocenters. The average molecular weight is 359 g/mol. The van der Waals surface area contributed by atoms with Gasteiger partial charge in [0.25, 0.3) is 0 Å². The molecule has 0 aliphatic carbocycles. The van der Waals surface area contributed by atoms with Crippen LogP contribution >= 0.6 is 22.9 Å². The van der Waals surface area contributed by atoms with E-state index < -0.39 is 0 Å². The molecule has 0 radical (unpaired) electrons. The highest BCUT2D eigenvalue weighted by molar-refractivity contribution is 7.22. The van der Waals surface area contributed by atoms with Crippen molar-refractivity contribution in [3.63, 3.8) is 0 Å². The van der Waals surface area contributed by atoms with Crippen molar-refractivity contribution >= 4 is 33.2 Å². The lowest BCUT2D eigenvalue weighted by molar-refractivity contribution is 0.442. The molecule has 0 saturated heterocycles. The number of fused-ring (bicyclic) bond motifs is 3. The molecule has 5 heteroatoms. The first-order valence-electron chi connectivity index (χ1n) is 7.89. The second-order valence-electron chi connectivity index (χ2n) is 6.21. The highest BCUT2D eigenvalue weighted by atomic mass is 35.5. The van der Waals surface area contributed by atoms with Gasteiger partial charge in [0.1, 0.15) is 10.6 Å². The summed E-state index contributed by atoms with van der Waals surface area (Å²) in [6.07, 6.45) is 0.913. The first-order chi connectivity index (χ1) is 11.5. The number of nitrogens with zero attached hydrogens (tertiary/aromatic N) is 1. The van der Waals surface area contributed by atoms with Crippen LogP contribution in [0.2, 0.25) is 4.34 Å². The molecule has 0 fully saturated rings. The summed E-state index contributed by atoms with van der Waals surface area (Å²) in [4.78, 5) is 1.07. The maximum absolute atomic E-state index is 13.4. The average Bonchev–Trinajstić information content (AvgIpc) is 3.00. The molecule has 1 N–H and O–H groups in total. The molecule has 122 valence electrons. The van der Waals surface area contributed by atoms with Gasteiger partial charge < -0.3 is 5.32 Å². The van der Waals surface area contributed by atoms with Gasteiger partial charge in [-0.15, -0.1) is 11.3 Å². The lowest BCUT2D eigenvalue weighted by atomic mass is 9.96. The second kappa shape index (κ2) is 5.93. The van der Waals surface area contributed by atoms with Crippen LogP contribution in [0.25, 0.3) is 10.2 Å². The van der Waals surface area contributed by atoms with Crippen LogP contribution in [0, 0.1) is 17.8 Å². The van der Waals surface area contributed by atoms with Gasteiger partial charge in [0.2, 0.25) is 0 Å². The van der Waals surface area contributed by atoms with E-state index >= 15 is 0 Å². The van der Waals surface area contributed by atoms with Crippen LogP contribution in [0.5, 0.6) is 0 Å². The Morgan fingerprint density at radius 3 is 2.96 bits per heavy atom. The molecule has 2 aromatic heterocycles. The van der Waals surface area contributed by atoms with Crippen molar-refractivity contribution < 1.29 is 4.39 Å². The maximum atomic E-state index is 13.4. The summed E-state index contributed by atoms with van der Waals surface area (Å²) in [7, 11) is 0. The van der Waals surface area contributed by atoms with Gasteiger partial charge in [0.15, 0.2) is 0 Å². The Bertz CT molecular complexity index is 992. The lowest BCUT2D eigenvalue weighted by Gasteiger charge is -2.27. The minimum absolute atomic E-state index is 0.258. The van der Waals surface area contributed by atoms with Crippen molar-refractivity contribution in [3.8, 4) is 12.0 Å². The van der Waals surface area contributed by atoms with E-state index in [4.69, 9.17) is 11.6 Å². The van der Waals surface area contributed by atoms with Crippen molar-refractivity contribution in [3.05, 3.63) is 57.3 Å². The van der Waals surface area contributed by atoms with E-state index in [1.807, 2.05) is 16.7 Å². The lowest BCUT2D eigenvalue weighted by Crippen LogP contribution is -2.36. The molecule has 1 aliphatic rings. The third-order valence-corrected chi connectivity index (χ3v) is 5.61. The molecule has 1 aliphatic heterocycles. The summed E-state index contributed by atoms with van der Waals surface area (Å²) >= 11 is 7.78. The molecular weight excluding hydrogens is 343 g/mol. The number of aromatic nitrogens is 1. The Morgan fingerprint density at radius 2 is 2.17 bits per heavy atom. The van der Waals surface area contributed by atoms with Crippen LogP contribution in [-0.2, 0) is 6.42 Å². The minimum atomic E-state index is -0.271. The molecule has 0 bridgehead atoms. The van der Waals surface area contributed by atoms with Gasteiger partial charge in [-0.1, -0.05) is 17.7 Å². The zero-order valence-electron chi connectivity index (χ0n) is 13.4. The summed E-state index contributed by atoms with van der Waals surface area (Å²) in [6, 6.07) is 12.3. The SMILES string of the molecule is CC1Cc2c(c3cc(Cl)sc3n2C#Cc2cccc(F)c2)C(C)N1. The van der Waals surface area contributed by atoms with Crippen LogP contribution in [0.4, 0.5) is 4.39 Å². The van der Waals surface area contributed by atoms with Crippen molar-refractivity contribution in [2.24, 2.45) is 0 Å². The maximum Gasteiger partial charge on any atom is 0.124 e. The van der Waals surface area contributed by atoms with Crippen LogP contribution in [0.3, 0.4) is 0 Å². The Kier molecular flexibility index (Phi) is 3.88. The molecule has 3 heterocycles. The van der Waals surface area contributed by atoms with Crippen molar-refractivity contribution in [2.75, 3.05) is 0 Å². The number of benzene rings is 1. The zero-order chi connectivity index (χ0) is 16.8. The third-order valence-electron chi connectivity index (χ3n) is 4.36. The molecule has 0 amide bonds. The van der Waals surface area contributed by atoms with E-state index in [1.54, 1.807) is 6.07 Å². The fourth-order valence-electron chi connectivity index (χ4n) is 3.46. The van der Waals surface area contributed by atoms with E-state index in [1.165, 1.54) is 40.1 Å². The Labute approximate surface area is 149 Å². The Hall–Kier alpha value is -1.80. The number of halogens is 2. The highest BCUT2D eigenvalue weighted by Gasteiger charge is 2.28. The minimum Gasteiger partial charge on any atom is -0.307 e. The summed E-state index contributed by atoms with van der Waals surface area (Å²) in [5.41, 5.74) is 3.18. The zero-order valence-corrected chi connectivity index (χ0v) is 14.9. The number of thiophene rings is 1. The van der Waals surface area contributed by atoms with Crippen molar-refractivity contribution in [1.29, 1.82) is 0 Å². The molecule has 24 heavy (non-hydrogen) atoms. The molecular formula is C19H16ClFN2S. The number of rotatable bonds is 0. The van der Waals surface area contributed by atoms with Crippen LogP contribution in [-0.4, -0.2) is 10.6 Å². The van der Waals surface area contributed by atoms with Gasteiger partial charge >= 0.3 is 0 Å². The van der Waals surface area contributed by atoms with Gasteiger partial charge in [-0.25, -0.2) is 4.39 Å². The normalized spacial score (nSPS) is 19.8. The Balaban J connectivity index is 1.91. The predicted molar refractivity (Wildman–Crippen MR) is 98.2 cm³/mol. The predicted octanol–water partition coefficient (Wildman–Crippen LogP) is 4.95. The monoisotopic (exact) mass is 358 g/mol. The van der Waals surface area contributed by atoms with E-state index in [0.717, 1.165) is 15.6 Å². The number of nitrogens with one attached hydrogen (secondary N) is 1. The van der Waals surface area contributed by atoms with E-state index in [9.17, 15) is 4.39 Å². The molecule has 3 aromatic rings. The van der Waals surface area contributed by atoms with Gasteiger partial charge in [0.05, 0.1) is 4.34 Å². The van der Waals surface area contributed by atoms with E-state index in [2.05, 4.69) is 31.1 Å². The molecule has 1 aromatic carbocycles. The van der Waals surface area contributed by atoms with Gasteiger partial charge in [-0.2, -0.15) is 0 Å². The first kappa shape index (κ1) is 15.7. The summed E-state index contributed by atoms with van der Waals surface area (Å²) in [5.74, 6) is 2.81. The van der Waals surface area contributed by atoms with E-state index in [0.29, 0.717) is 11.6 Å². The molecule has 2 nitrogen and oxygen atoms in total. The summed E-state index contributed by atoms with van der Waals surface area (Å²) in [6.45, 7) is 4.35. The molecule has 4 rings (SSSR count). The van der Waals surface area contributed by atoms with Gasteiger partial charge in [-0.05, 0) is 49.6 Å². The number of hydrogen-bond acceptors (Lipinski definition) is 2. The third kappa shape index (κ3) is 2.63. The Morgan fingerprint density at radius 1 is 1.33 bits per heavy atom. The highest BCUT2D eigenvalue weighted by Crippen LogP contribution is 2.40. The van der Waals surface area contributed by atoms with Gasteiger partial charge in [0, 0.05) is 41.2 Å². The van der Waals surface area contributed by atoms with Crippen LogP contribution in [0.15, 0.2) is 30.3 Å². The summed E-state index contributed by atoms with van der Waals surface area (Å²) < 4.78 is 16.2. The standard InChI is InChI=1S/C19H16ClFN2S/c1-11-8-16-18(12(2)22-11)15-10-17(20)24-19(15)23(16)7-6-13-4-3-5-14(21)9-13/h3-5,9-12,22H,8H2,1-2H3. The fourth-order valence-corrected chi connectivity index (χ4v) is 4.67. The van der Waals surface area contributed by atoms with Crippen molar-refractivity contribution in [2.45, 2.75) is 32.4 Å². The van der Waals surface area contributed by atoms with Crippen LogP contribution < -0.4 is 5.32 Å². The largest absolute Gasteiger partial charge is 0.307 e. The first-order valence-corrected chi connectivity index (χ1v) is 9.08. The molecule has 0 spiro atoms.